The van der Waals surface area contributed by atoms with Crippen molar-refractivity contribution in [3.63, 3.8) is 0 Å². The molecule has 3 saturated carbocycles. The second-order valence-corrected chi connectivity index (χ2v) is 12.6. The lowest BCUT2D eigenvalue weighted by Crippen LogP contribution is -2.55. The van der Waals surface area contributed by atoms with Crippen molar-refractivity contribution in [2.45, 2.75) is 110 Å². The van der Waals surface area contributed by atoms with Crippen molar-refractivity contribution in [1.29, 1.82) is 0 Å². The highest BCUT2D eigenvalue weighted by Gasteiger charge is 2.61. The third kappa shape index (κ3) is 3.67. The summed E-state index contributed by atoms with van der Waals surface area (Å²) in [5, 5.41) is 32.6. The average molecular weight is 431 g/mol. The molecule has 0 spiro atoms. The second-order valence-electron chi connectivity index (χ2n) is 12.6. The minimum atomic E-state index is -0.681. The van der Waals surface area contributed by atoms with Crippen LogP contribution in [0.5, 0.6) is 0 Å². The lowest BCUT2D eigenvalue weighted by molar-refractivity contribution is -0.111. The van der Waals surface area contributed by atoms with Gasteiger partial charge in [-0.25, -0.2) is 0 Å². The number of rotatable bonds is 5. The van der Waals surface area contributed by atoms with Crippen LogP contribution in [0.15, 0.2) is 23.8 Å². The third-order valence-electron chi connectivity index (χ3n) is 10.7. The lowest BCUT2D eigenvalue weighted by atomic mass is 9.46. The number of fused-ring (bicyclic) bond motifs is 5. The van der Waals surface area contributed by atoms with E-state index in [1.807, 2.05) is 0 Å². The molecule has 176 valence electrons. The Morgan fingerprint density at radius 1 is 1.13 bits per heavy atom. The monoisotopic (exact) mass is 430 g/mol. The van der Waals surface area contributed by atoms with Crippen molar-refractivity contribution in [2.75, 3.05) is 0 Å². The van der Waals surface area contributed by atoms with Gasteiger partial charge in [0.2, 0.25) is 0 Å². The molecule has 31 heavy (non-hydrogen) atoms. The largest absolute Gasteiger partial charge is 0.390 e. The summed E-state index contributed by atoms with van der Waals surface area (Å²) < 4.78 is 0. The van der Waals surface area contributed by atoms with Gasteiger partial charge in [-0.3, -0.25) is 0 Å². The molecule has 0 bridgehead atoms. The van der Waals surface area contributed by atoms with Crippen LogP contribution < -0.4 is 0 Å². The zero-order chi connectivity index (χ0) is 22.8. The van der Waals surface area contributed by atoms with Gasteiger partial charge >= 0.3 is 0 Å². The van der Waals surface area contributed by atoms with Gasteiger partial charge < -0.3 is 15.3 Å². The zero-order valence-electron chi connectivity index (χ0n) is 20.5. The van der Waals surface area contributed by atoms with Crippen molar-refractivity contribution in [1.82, 2.24) is 0 Å². The minimum absolute atomic E-state index is 0.0263. The maximum atomic E-state index is 11.6. The number of hydrogen-bond donors (Lipinski definition) is 3. The molecule has 3 N–H and O–H groups in total. The zero-order valence-corrected chi connectivity index (χ0v) is 20.5. The first-order valence-electron chi connectivity index (χ1n) is 12.9. The lowest BCUT2D eigenvalue weighted by Gasteiger charge is -2.59. The van der Waals surface area contributed by atoms with E-state index < -0.39 is 17.8 Å². The van der Waals surface area contributed by atoms with E-state index >= 15 is 0 Å². The highest BCUT2D eigenvalue weighted by molar-refractivity contribution is 5.29. The fraction of sp³-hybridized carbons (Fsp3) is 0.857. The van der Waals surface area contributed by atoms with E-state index in [4.69, 9.17) is 0 Å². The fourth-order valence-electron chi connectivity index (χ4n) is 8.62. The van der Waals surface area contributed by atoms with E-state index in [0.29, 0.717) is 36.0 Å². The van der Waals surface area contributed by atoms with E-state index in [-0.39, 0.29) is 10.8 Å². The van der Waals surface area contributed by atoms with Crippen LogP contribution in [0.25, 0.3) is 0 Å². The van der Waals surface area contributed by atoms with Crippen LogP contribution in [-0.2, 0) is 0 Å². The first-order valence-corrected chi connectivity index (χ1v) is 12.9. The SMILES string of the molecule is C=C(CCC(C)(O)C1CCC2C3CC=C4C(O)C(O)CCC4(C)C3CCC21C)C(C)C. The molecule has 4 aliphatic carbocycles. The van der Waals surface area contributed by atoms with Crippen LogP contribution in [0, 0.1) is 40.4 Å². The molecule has 0 amide bonds. The molecule has 3 fully saturated rings. The molecule has 3 heteroatoms. The summed E-state index contributed by atoms with van der Waals surface area (Å²) >= 11 is 0. The Bertz CT molecular complexity index is 737. The summed E-state index contributed by atoms with van der Waals surface area (Å²) in [6.07, 6.45) is 10.2. The molecule has 0 saturated heterocycles. The normalized spacial score (nSPS) is 46.5. The van der Waals surface area contributed by atoms with Crippen LogP contribution in [0.2, 0.25) is 0 Å². The number of aliphatic hydroxyl groups is 3. The molecule has 0 aromatic rings. The Hall–Kier alpha value is -0.640. The molecule has 4 aliphatic rings. The van der Waals surface area contributed by atoms with Gasteiger partial charge in [-0.15, -0.1) is 0 Å². The van der Waals surface area contributed by atoms with Crippen molar-refractivity contribution in [3.05, 3.63) is 23.8 Å². The number of allylic oxidation sites excluding steroid dienone is 2. The Kier molecular flexibility index (Phi) is 6.06. The standard InChI is InChI=1S/C28H46O3/c1-17(2)18(3)11-16-28(6,31)24-10-9-20-19-7-8-22-25(30)23(29)13-15-26(22,4)21(19)12-14-27(20,24)5/h8,17,19-21,23-25,29-31H,3,7,9-16H2,1-2,4-6H3. The summed E-state index contributed by atoms with van der Waals surface area (Å²) in [6.45, 7) is 15.5. The van der Waals surface area contributed by atoms with Crippen molar-refractivity contribution < 1.29 is 15.3 Å². The highest BCUT2D eigenvalue weighted by Crippen LogP contribution is 2.67. The van der Waals surface area contributed by atoms with Crippen LogP contribution in [0.4, 0.5) is 0 Å². The molecule has 0 radical (unpaired) electrons. The minimum Gasteiger partial charge on any atom is -0.390 e. The Labute approximate surface area is 190 Å². The Morgan fingerprint density at radius 3 is 2.52 bits per heavy atom. The molecule has 0 heterocycles. The molecule has 9 atom stereocenters. The van der Waals surface area contributed by atoms with E-state index in [0.717, 1.165) is 37.7 Å². The van der Waals surface area contributed by atoms with Gasteiger partial charge in [0.25, 0.3) is 0 Å². The maximum absolute atomic E-state index is 11.6. The molecule has 0 aromatic heterocycles. The highest BCUT2D eigenvalue weighted by atomic mass is 16.3. The quantitative estimate of drug-likeness (QED) is 0.495. The van der Waals surface area contributed by atoms with Crippen molar-refractivity contribution >= 4 is 0 Å². The van der Waals surface area contributed by atoms with E-state index in [2.05, 4.69) is 47.3 Å². The van der Waals surface area contributed by atoms with Gasteiger partial charge in [0, 0.05) is 0 Å². The topological polar surface area (TPSA) is 60.7 Å². The predicted molar refractivity (Wildman–Crippen MR) is 126 cm³/mol. The van der Waals surface area contributed by atoms with E-state index in [1.165, 1.54) is 24.8 Å². The van der Waals surface area contributed by atoms with Crippen LogP contribution in [-0.4, -0.2) is 33.1 Å². The molecule has 0 aromatic carbocycles. The van der Waals surface area contributed by atoms with Gasteiger partial charge in [0.05, 0.1) is 11.7 Å². The Morgan fingerprint density at radius 2 is 1.84 bits per heavy atom. The molecule has 3 nitrogen and oxygen atoms in total. The van der Waals surface area contributed by atoms with Gasteiger partial charge in [-0.2, -0.15) is 0 Å². The first-order chi connectivity index (χ1) is 14.4. The van der Waals surface area contributed by atoms with Gasteiger partial charge in [-0.1, -0.05) is 45.9 Å². The van der Waals surface area contributed by atoms with Gasteiger partial charge in [0.1, 0.15) is 6.10 Å². The van der Waals surface area contributed by atoms with Gasteiger partial charge in [0.15, 0.2) is 0 Å². The smallest absolute Gasteiger partial charge is 0.101 e. The maximum Gasteiger partial charge on any atom is 0.101 e. The molecule has 4 rings (SSSR count). The summed E-state index contributed by atoms with van der Waals surface area (Å²) in [4.78, 5) is 0. The van der Waals surface area contributed by atoms with E-state index in [9.17, 15) is 15.3 Å². The molecular weight excluding hydrogens is 384 g/mol. The van der Waals surface area contributed by atoms with E-state index in [1.54, 1.807) is 0 Å². The molecule has 9 unspecified atom stereocenters. The van der Waals surface area contributed by atoms with Gasteiger partial charge in [-0.05, 0) is 111 Å². The summed E-state index contributed by atoms with van der Waals surface area (Å²) in [5.41, 5.74) is 1.94. The van der Waals surface area contributed by atoms with Crippen molar-refractivity contribution in [2.24, 2.45) is 40.4 Å². The van der Waals surface area contributed by atoms with Crippen molar-refractivity contribution in [3.8, 4) is 0 Å². The average Bonchev–Trinajstić information content (AvgIpc) is 3.07. The van der Waals surface area contributed by atoms with Crippen LogP contribution in [0.1, 0.15) is 92.4 Å². The number of hydrogen-bond acceptors (Lipinski definition) is 3. The number of aliphatic hydroxyl groups excluding tert-OH is 2. The fourth-order valence-corrected chi connectivity index (χ4v) is 8.62. The third-order valence-corrected chi connectivity index (χ3v) is 10.7. The molecule has 0 aliphatic heterocycles. The Balaban J connectivity index is 1.55. The van der Waals surface area contributed by atoms with Crippen LogP contribution in [0.3, 0.4) is 0 Å². The first kappa shape index (κ1) is 23.5. The summed E-state index contributed by atoms with van der Waals surface area (Å²) in [5.74, 6) is 2.71. The van der Waals surface area contributed by atoms with Crippen LogP contribution >= 0.6 is 0 Å². The molecular formula is C28H46O3. The predicted octanol–water partition coefficient (Wildman–Crippen LogP) is 5.64. The summed E-state index contributed by atoms with van der Waals surface area (Å²) in [6, 6.07) is 0. The second kappa shape index (κ2) is 7.99. The summed E-state index contributed by atoms with van der Waals surface area (Å²) in [7, 11) is 0.